The van der Waals surface area contributed by atoms with Crippen molar-refractivity contribution in [3.63, 3.8) is 0 Å². The third-order valence-corrected chi connectivity index (χ3v) is 6.51. The Hall–Kier alpha value is -2.09. The molecule has 7 heteroatoms. The van der Waals surface area contributed by atoms with Crippen molar-refractivity contribution >= 4 is 55.9 Å². The molecule has 1 aromatic heterocycles. The van der Waals surface area contributed by atoms with Crippen molar-refractivity contribution in [2.45, 2.75) is 18.7 Å². The molecule has 4 nitrogen and oxygen atoms in total. The van der Waals surface area contributed by atoms with Gasteiger partial charge >= 0.3 is 5.97 Å². The summed E-state index contributed by atoms with van der Waals surface area (Å²) in [5.41, 5.74) is 3.22. The van der Waals surface area contributed by atoms with Crippen LogP contribution >= 0.6 is 39.0 Å². The number of thioether (sulfide) groups is 1. The van der Waals surface area contributed by atoms with Crippen LogP contribution in [-0.2, 0) is 9.53 Å². The molecule has 0 saturated carbocycles. The zero-order valence-corrected chi connectivity index (χ0v) is 19.2. The van der Waals surface area contributed by atoms with Crippen LogP contribution in [0.5, 0.6) is 0 Å². The fourth-order valence-electron chi connectivity index (χ4n) is 2.64. The summed E-state index contributed by atoms with van der Waals surface area (Å²) < 4.78 is 6.19. The highest BCUT2D eigenvalue weighted by Gasteiger charge is 2.22. The van der Waals surface area contributed by atoms with Crippen molar-refractivity contribution < 1.29 is 14.3 Å². The highest BCUT2D eigenvalue weighted by molar-refractivity contribution is 9.10. The molecule has 1 amide bonds. The van der Waals surface area contributed by atoms with Crippen molar-refractivity contribution in [2.24, 2.45) is 0 Å². The van der Waals surface area contributed by atoms with E-state index in [1.165, 1.54) is 28.7 Å². The average Bonchev–Trinajstić information content (AvgIpc) is 3.12. The van der Waals surface area contributed by atoms with Crippen LogP contribution in [-0.4, -0.2) is 24.2 Å². The molecule has 1 N–H and O–H groups in total. The summed E-state index contributed by atoms with van der Waals surface area (Å²) in [5, 5.41) is 5.26. The standard InChI is InChI=1S/C22H20BrNO3S2/c1-3-27-22(26)20-18(15-6-8-16(23)9-7-15)12-29-21(20)24-19(25)13-28-17-10-4-14(2)5-11-17/h4-12H,3,13H2,1-2H3,(H,24,25). The third-order valence-electron chi connectivity index (χ3n) is 4.07. The van der Waals surface area contributed by atoms with Gasteiger partial charge in [0.15, 0.2) is 0 Å². The van der Waals surface area contributed by atoms with Crippen molar-refractivity contribution in [1.29, 1.82) is 0 Å². The van der Waals surface area contributed by atoms with Crippen LogP contribution in [0.3, 0.4) is 0 Å². The molecule has 0 bridgehead atoms. The lowest BCUT2D eigenvalue weighted by atomic mass is 10.0. The largest absolute Gasteiger partial charge is 0.462 e. The van der Waals surface area contributed by atoms with E-state index in [-0.39, 0.29) is 18.3 Å². The summed E-state index contributed by atoms with van der Waals surface area (Å²) in [6, 6.07) is 15.7. The first-order chi connectivity index (χ1) is 14.0. The maximum atomic E-state index is 12.6. The first-order valence-electron chi connectivity index (χ1n) is 9.01. The number of esters is 1. The van der Waals surface area contributed by atoms with Crippen molar-refractivity contribution in [1.82, 2.24) is 0 Å². The number of amides is 1. The number of halogens is 1. The van der Waals surface area contributed by atoms with Gasteiger partial charge in [0.1, 0.15) is 10.6 Å². The summed E-state index contributed by atoms with van der Waals surface area (Å²) in [7, 11) is 0. The smallest absolute Gasteiger partial charge is 0.341 e. The molecule has 0 spiro atoms. The molecule has 0 radical (unpaired) electrons. The van der Waals surface area contributed by atoms with Crippen LogP contribution in [0.2, 0.25) is 0 Å². The number of rotatable bonds is 7. The van der Waals surface area contributed by atoms with Crippen molar-refractivity contribution in [2.75, 3.05) is 17.7 Å². The SMILES string of the molecule is CCOC(=O)c1c(-c2ccc(Br)cc2)csc1NC(=O)CSc1ccc(C)cc1. The molecule has 0 atom stereocenters. The van der Waals surface area contributed by atoms with Gasteiger partial charge in [0, 0.05) is 20.3 Å². The van der Waals surface area contributed by atoms with Crippen LogP contribution in [0.4, 0.5) is 5.00 Å². The quantitative estimate of drug-likeness (QED) is 0.308. The number of ether oxygens (including phenoxy) is 1. The topological polar surface area (TPSA) is 55.4 Å². The average molecular weight is 490 g/mol. The number of hydrogen-bond acceptors (Lipinski definition) is 5. The monoisotopic (exact) mass is 489 g/mol. The lowest BCUT2D eigenvalue weighted by molar-refractivity contribution is -0.113. The molecule has 0 aliphatic heterocycles. The number of aryl methyl sites for hydroxylation is 1. The number of carbonyl (C=O) groups is 2. The van der Waals surface area contributed by atoms with E-state index in [9.17, 15) is 9.59 Å². The number of hydrogen-bond donors (Lipinski definition) is 1. The van der Waals surface area contributed by atoms with E-state index in [1.807, 2.05) is 60.8 Å². The molecule has 3 aromatic rings. The van der Waals surface area contributed by atoms with Crippen molar-refractivity contribution in [3.05, 3.63) is 69.5 Å². The minimum atomic E-state index is -0.437. The van der Waals surface area contributed by atoms with E-state index in [0.29, 0.717) is 10.6 Å². The zero-order chi connectivity index (χ0) is 20.8. The fourth-order valence-corrected chi connectivity index (χ4v) is 4.58. The number of anilines is 1. The van der Waals surface area contributed by atoms with Crippen LogP contribution in [0, 0.1) is 6.92 Å². The second-order valence-corrected chi connectivity index (χ2v) is 9.07. The predicted octanol–water partition coefficient (Wildman–Crippen LogP) is 6.39. The number of thiophene rings is 1. The Kier molecular flexibility index (Phi) is 7.52. The maximum Gasteiger partial charge on any atom is 0.341 e. The Morgan fingerprint density at radius 3 is 2.45 bits per heavy atom. The molecular formula is C22H20BrNO3S2. The van der Waals surface area contributed by atoms with Crippen LogP contribution in [0.15, 0.2) is 63.3 Å². The van der Waals surface area contributed by atoms with Crippen LogP contribution in [0.1, 0.15) is 22.8 Å². The summed E-state index contributed by atoms with van der Waals surface area (Å²) >= 11 is 6.20. The lowest BCUT2D eigenvalue weighted by Crippen LogP contribution is -2.16. The summed E-state index contributed by atoms with van der Waals surface area (Å²) in [4.78, 5) is 26.1. The molecular weight excluding hydrogens is 470 g/mol. The van der Waals surface area contributed by atoms with Gasteiger partial charge in [0.25, 0.3) is 0 Å². The first kappa shape index (κ1) is 21.6. The van der Waals surface area contributed by atoms with Crippen LogP contribution < -0.4 is 5.32 Å². The number of carbonyl (C=O) groups excluding carboxylic acids is 2. The third kappa shape index (κ3) is 5.72. The normalized spacial score (nSPS) is 10.6. The molecule has 29 heavy (non-hydrogen) atoms. The number of benzene rings is 2. The van der Waals surface area contributed by atoms with E-state index < -0.39 is 5.97 Å². The van der Waals surface area contributed by atoms with Gasteiger partial charge < -0.3 is 10.1 Å². The van der Waals surface area contributed by atoms with Gasteiger partial charge in [0.05, 0.1) is 12.4 Å². The van der Waals surface area contributed by atoms with E-state index >= 15 is 0 Å². The van der Waals surface area contributed by atoms with Gasteiger partial charge in [-0.25, -0.2) is 4.79 Å². The van der Waals surface area contributed by atoms with Gasteiger partial charge in [-0.15, -0.1) is 23.1 Å². The molecule has 0 saturated heterocycles. The highest BCUT2D eigenvalue weighted by Crippen LogP contribution is 2.37. The second-order valence-electron chi connectivity index (χ2n) is 6.23. The molecule has 0 aliphatic rings. The van der Waals surface area contributed by atoms with Gasteiger partial charge in [-0.2, -0.15) is 0 Å². The Morgan fingerprint density at radius 1 is 1.10 bits per heavy atom. The predicted molar refractivity (Wildman–Crippen MR) is 124 cm³/mol. The van der Waals surface area contributed by atoms with Crippen molar-refractivity contribution in [3.8, 4) is 11.1 Å². The Labute approximate surface area is 186 Å². The molecule has 0 aliphatic carbocycles. The van der Waals surface area contributed by atoms with Gasteiger partial charge in [0.2, 0.25) is 5.91 Å². The Balaban J connectivity index is 1.78. The number of nitrogens with one attached hydrogen (secondary N) is 1. The summed E-state index contributed by atoms with van der Waals surface area (Å²) in [6.45, 7) is 4.06. The summed E-state index contributed by atoms with van der Waals surface area (Å²) in [5.74, 6) is -0.338. The summed E-state index contributed by atoms with van der Waals surface area (Å²) in [6.07, 6.45) is 0. The van der Waals surface area contributed by atoms with E-state index in [0.717, 1.165) is 20.5 Å². The molecule has 2 aromatic carbocycles. The lowest BCUT2D eigenvalue weighted by Gasteiger charge is -2.09. The minimum absolute atomic E-state index is 0.162. The molecule has 150 valence electrons. The van der Waals surface area contributed by atoms with E-state index in [2.05, 4.69) is 21.2 Å². The Morgan fingerprint density at radius 2 is 1.79 bits per heavy atom. The molecule has 3 rings (SSSR count). The Bertz CT molecular complexity index is 998. The zero-order valence-electron chi connectivity index (χ0n) is 16.0. The van der Waals surface area contributed by atoms with Crippen LogP contribution in [0.25, 0.3) is 11.1 Å². The molecule has 1 heterocycles. The second kappa shape index (κ2) is 10.1. The van der Waals surface area contributed by atoms with Gasteiger partial charge in [-0.3, -0.25) is 4.79 Å². The molecule has 0 unspecified atom stereocenters. The molecule has 0 fully saturated rings. The fraction of sp³-hybridized carbons (Fsp3) is 0.182. The van der Waals surface area contributed by atoms with E-state index in [1.54, 1.807) is 6.92 Å². The minimum Gasteiger partial charge on any atom is -0.462 e. The first-order valence-corrected chi connectivity index (χ1v) is 11.7. The van der Waals surface area contributed by atoms with Gasteiger partial charge in [-0.05, 0) is 43.7 Å². The van der Waals surface area contributed by atoms with E-state index in [4.69, 9.17) is 4.74 Å². The highest BCUT2D eigenvalue weighted by atomic mass is 79.9. The van der Waals surface area contributed by atoms with Gasteiger partial charge in [-0.1, -0.05) is 45.8 Å². The maximum absolute atomic E-state index is 12.6.